The van der Waals surface area contributed by atoms with Crippen LogP contribution in [-0.2, 0) is 14.2 Å². The van der Waals surface area contributed by atoms with Crippen molar-refractivity contribution in [2.75, 3.05) is 40.3 Å². The van der Waals surface area contributed by atoms with Crippen molar-refractivity contribution in [3.05, 3.63) is 0 Å². The number of methoxy groups -OCH3 is 1. The van der Waals surface area contributed by atoms with Crippen molar-refractivity contribution in [2.24, 2.45) is 0 Å². The Bertz CT molecular complexity index is 87.9. The average molecular weight is 180 g/mol. The lowest BCUT2D eigenvalue weighted by Gasteiger charge is -2.08. The molecule has 12 heavy (non-hydrogen) atoms. The van der Waals surface area contributed by atoms with E-state index in [-0.39, 0.29) is 20.0 Å². The van der Waals surface area contributed by atoms with E-state index < -0.39 is 6.10 Å². The van der Waals surface area contributed by atoms with Crippen LogP contribution in [0.5, 0.6) is 0 Å². The van der Waals surface area contributed by atoms with Gasteiger partial charge >= 0.3 is 0 Å². The summed E-state index contributed by atoms with van der Waals surface area (Å²) in [4.78, 5) is 0. The van der Waals surface area contributed by atoms with Crippen LogP contribution < -0.4 is 0 Å². The molecule has 74 valence electrons. The topological polar surface area (TPSA) is 68.2 Å². The lowest BCUT2D eigenvalue weighted by Crippen LogP contribution is -2.20. The molecular weight excluding hydrogens is 164 g/mol. The van der Waals surface area contributed by atoms with Crippen molar-refractivity contribution in [3.63, 3.8) is 0 Å². The zero-order chi connectivity index (χ0) is 9.23. The number of hydrogen-bond donors (Lipinski definition) is 2. The highest BCUT2D eigenvalue weighted by Gasteiger charge is 2.00. The van der Waals surface area contributed by atoms with Crippen LogP contribution in [0.25, 0.3) is 0 Å². The van der Waals surface area contributed by atoms with Gasteiger partial charge in [-0.25, -0.2) is 0 Å². The molecule has 0 aromatic carbocycles. The van der Waals surface area contributed by atoms with E-state index in [0.29, 0.717) is 13.2 Å². The molecule has 0 aliphatic heterocycles. The van der Waals surface area contributed by atoms with Crippen molar-refractivity contribution >= 4 is 0 Å². The summed E-state index contributed by atoms with van der Waals surface area (Å²) >= 11 is 0. The fourth-order valence-electron chi connectivity index (χ4n) is 0.497. The van der Waals surface area contributed by atoms with E-state index in [2.05, 4.69) is 0 Å². The Balaban J connectivity index is 2.90. The smallest absolute Gasteiger partial charge is 0.146 e. The number of aliphatic hydroxyl groups excluding tert-OH is 2. The summed E-state index contributed by atoms with van der Waals surface area (Å²) in [5, 5.41) is 17.2. The Morgan fingerprint density at radius 2 is 2.00 bits per heavy atom. The van der Waals surface area contributed by atoms with Gasteiger partial charge in [0.15, 0.2) is 0 Å². The first-order valence-electron chi connectivity index (χ1n) is 3.74. The number of ether oxygens (including phenoxy) is 3. The van der Waals surface area contributed by atoms with E-state index in [0.717, 1.165) is 0 Å². The molecule has 0 radical (unpaired) electrons. The predicted molar refractivity (Wildman–Crippen MR) is 41.7 cm³/mol. The first-order valence-corrected chi connectivity index (χ1v) is 3.74. The van der Waals surface area contributed by atoms with Crippen molar-refractivity contribution in [3.8, 4) is 0 Å². The van der Waals surface area contributed by atoms with Crippen LogP contribution in [0.2, 0.25) is 0 Å². The van der Waals surface area contributed by atoms with Gasteiger partial charge in [0.1, 0.15) is 12.9 Å². The molecule has 0 fully saturated rings. The lowest BCUT2D eigenvalue weighted by molar-refractivity contribution is -0.0929. The Hall–Kier alpha value is -0.200. The minimum Gasteiger partial charge on any atom is -0.394 e. The highest BCUT2D eigenvalue weighted by Crippen LogP contribution is 1.84. The monoisotopic (exact) mass is 180 g/mol. The maximum absolute atomic E-state index is 8.81. The third kappa shape index (κ3) is 7.90. The van der Waals surface area contributed by atoms with Crippen molar-refractivity contribution in [1.29, 1.82) is 0 Å². The SMILES string of the molecule is COCCOCOC[C@@H](O)CO. The summed E-state index contributed by atoms with van der Waals surface area (Å²) < 4.78 is 14.5. The zero-order valence-electron chi connectivity index (χ0n) is 7.23. The molecule has 0 saturated heterocycles. The molecule has 5 heteroatoms. The summed E-state index contributed by atoms with van der Waals surface area (Å²) in [7, 11) is 1.58. The van der Waals surface area contributed by atoms with Crippen LogP contribution in [0.4, 0.5) is 0 Å². The summed E-state index contributed by atoms with van der Waals surface area (Å²) in [6.07, 6.45) is -0.823. The lowest BCUT2D eigenvalue weighted by atomic mass is 10.4. The molecule has 0 aromatic heterocycles. The molecule has 0 spiro atoms. The molecule has 1 atom stereocenters. The van der Waals surface area contributed by atoms with E-state index in [1.807, 2.05) is 0 Å². The molecule has 0 rings (SSSR count). The molecule has 0 unspecified atom stereocenters. The van der Waals surface area contributed by atoms with Crippen molar-refractivity contribution in [2.45, 2.75) is 6.10 Å². The molecule has 0 amide bonds. The van der Waals surface area contributed by atoms with Crippen LogP contribution in [-0.4, -0.2) is 56.6 Å². The first kappa shape index (κ1) is 11.8. The molecule has 0 bridgehead atoms. The van der Waals surface area contributed by atoms with Gasteiger partial charge in [0.05, 0.1) is 26.4 Å². The molecule has 5 nitrogen and oxygen atoms in total. The van der Waals surface area contributed by atoms with Gasteiger partial charge in [0.2, 0.25) is 0 Å². The maximum Gasteiger partial charge on any atom is 0.146 e. The van der Waals surface area contributed by atoms with Gasteiger partial charge in [-0.15, -0.1) is 0 Å². The average Bonchev–Trinajstić information content (AvgIpc) is 2.10. The number of aliphatic hydroxyl groups is 2. The Kier molecular flexibility index (Phi) is 8.74. The van der Waals surface area contributed by atoms with E-state index in [4.69, 9.17) is 24.4 Å². The van der Waals surface area contributed by atoms with Crippen molar-refractivity contribution < 1.29 is 24.4 Å². The molecule has 0 aliphatic rings. The van der Waals surface area contributed by atoms with E-state index in [1.54, 1.807) is 7.11 Å². The van der Waals surface area contributed by atoms with Gasteiger partial charge in [-0.1, -0.05) is 0 Å². The van der Waals surface area contributed by atoms with Gasteiger partial charge < -0.3 is 24.4 Å². The van der Waals surface area contributed by atoms with Gasteiger partial charge in [0, 0.05) is 7.11 Å². The standard InChI is InChI=1S/C7H16O5/c1-10-2-3-11-6-12-5-7(9)4-8/h7-9H,2-6H2,1H3/t7-/m0/s1. The number of rotatable bonds is 8. The third-order valence-electron chi connectivity index (χ3n) is 1.12. The molecule has 0 heterocycles. The molecule has 0 aromatic rings. The van der Waals surface area contributed by atoms with E-state index in [1.165, 1.54) is 0 Å². The Morgan fingerprint density at radius 1 is 1.25 bits per heavy atom. The predicted octanol–water partition coefficient (Wildman–Crippen LogP) is -1.02. The van der Waals surface area contributed by atoms with Gasteiger partial charge in [-0.3, -0.25) is 0 Å². The third-order valence-corrected chi connectivity index (χ3v) is 1.12. The molecule has 2 N–H and O–H groups in total. The summed E-state index contributed by atoms with van der Waals surface area (Å²) in [6, 6.07) is 0. The molecule has 0 aliphatic carbocycles. The van der Waals surface area contributed by atoms with Gasteiger partial charge in [-0.2, -0.15) is 0 Å². The van der Waals surface area contributed by atoms with Gasteiger partial charge in [-0.05, 0) is 0 Å². The van der Waals surface area contributed by atoms with Crippen molar-refractivity contribution in [1.82, 2.24) is 0 Å². The van der Waals surface area contributed by atoms with Gasteiger partial charge in [0.25, 0.3) is 0 Å². The molecular formula is C7H16O5. The maximum atomic E-state index is 8.81. The van der Waals surface area contributed by atoms with Crippen LogP contribution in [0, 0.1) is 0 Å². The van der Waals surface area contributed by atoms with E-state index in [9.17, 15) is 0 Å². The fraction of sp³-hybridized carbons (Fsp3) is 1.00. The Morgan fingerprint density at radius 3 is 2.58 bits per heavy atom. The second-order valence-corrected chi connectivity index (χ2v) is 2.23. The van der Waals surface area contributed by atoms with Crippen LogP contribution >= 0.6 is 0 Å². The second-order valence-electron chi connectivity index (χ2n) is 2.23. The summed E-state index contributed by atoms with van der Waals surface area (Å²) in [5.41, 5.74) is 0. The largest absolute Gasteiger partial charge is 0.394 e. The molecule has 0 saturated carbocycles. The first-order chi connectivity index (χ1) is 5.81. The number of hydrogen-bond acceptors (Lipinski definition) is 5. The zero-order valence-corrected chi connectivity index (χ0v) is 7.23. The van der Waals surface area contributed by atoms with E-state index >= 15 is 0 Å². The normalized spacial score (nSPS) is 13.2. The van der Waals surface area contributed by atoms with Crippen LogP contribution in [0.3, 0.4) is 0 Å². The highest BCUT2D eigenvalue weighted by atomic mass is 16.7. The van der Waals surface area contributed by atoms with Crippen LogP contribution in [0.1, 0.15) is 0 Å². The minimum absolute atomic E-state index is 0.0868. The summed E-state index contributed by atoms with van der Waals surface area (Å²) in [6.45, 7) is 0.888. The fourth-order valence-corrected chi connectivity index (χ4v) is 0.497. The Labute approximate surface area is 71.9 Å². The van der Waals surface area contributed by atoms with Crippen LogP contribution in [0.15, 0.2) is 0 Å². The minimum atomic E-state index is -0.823. The summed E-state index contributed by atoms with van der Waals surface area (Å²) in [5.74, 6) is 0. The second kappa shape index (κ2) is 8.89. The highest BCUT2D eigenvalue weighted by molar-refractivity contribution is 4.46. The quantitative estimate of drug-likeness (QED) is 0.369.